The van der Waals surface area contributed by atoms with Crippen molar-refractivity contribution in [2.24, 2.45) is 0 Å². The number of ether oxygens (including phenoxy) is 1. The van der Waals surface area contributed by atoms with E-state index in [9.17, 15) is 5.11 Å². The molecule has 1 fully saturated rings. The Morgan fingerprint density at radius 2 is 2.17 bits per heavy atom. The lowest BCUT2D eigenvalue weighted by molar-refractivity contribution is -0.0136. The number of hydrogen-bond acceptors (Lipinski definition) is 7. The van der Waals surface area contributed by atoms with Crippen LogP contribution in [0.3, 0.4) is 0 Å². The van der Waals surface area contributed by atoms with Crippen LogP contribution in [0.4, 0.5) is 5.95 Å². The van der Waals surface area contributed by atoms with Crippen molar-refractivity contribution in [3.05, 3.63) is 46.0 Å². The highest BCUT2D eigenvalue weighted by atomic mass is 35.5. The minimum atomic E-state index is -2.24. The number of nitrogens with one attached hydrogen (secondary N) is 2. The summed E-state index contributed by atoms with van der Waals surface area (Å²) >= 11 is 6.28. The van der Waals surface area contributed by atoms with Crippen molar-refractivity contribution in [1.29, 1.82) is 0 Å². The third-order valence-electron chi connectivity index (χ3n) is 4.90. The van der Waals surface area contributed by atoms with Crippen molar-refractivity contribution in [1.82, 2.24) is 20.3 Å². The summed E-state index contributed by atoms with van der Waals surface area (Å²) in [6.07, 6.45) is 4.61. The zero-order valence-corrected chi connectivity index (χ0v) is 18.0. The average Bonchev–Trinajstić information content (AvgIpc) is 2.75. The Hall–Kier alpha value is -2.24. The highest BCUT2D eigenvalue weighted by molar-refractivity contribution is 6.31. The Kier molecular flexibility index (Phi) is 6.29. The largest absolute Gasteiger partial charge is 0.389 e. The molecule has 0 bridgehead atoms. The van der Waals surface area contributed by atoms with Gasteiger partial charge in [0, 0.05) is 34.7 Å². The Morgan fingerprint density at radius 3 is 2.87 bits per heavy atom. The van der Waals surface area contributed by atoms with Crippen LogP contribution in [0.25, 0.3) is 0 Å². The summed E-state index contributed by atoms with van der Waals surface area (Å²) in [6, 6.07) is -1.10. The van der Waals surface area contributed by atoms with Gasteiger partial charge in [-0.05, 0) is 43.3 Å². The van der Waals surface area contributed by atoms with Crippen LogP contribution in [0.1, 0.15) is 65.6 Å². The van der Waals surface area contributed by atoms with Crippen LogP contribution in [0, 0.1) is 11.8 Å². The predicted octanol–water partition coefficient (Wildman–Crippen LogP) is 2.89. The molecule has 2 aromatic rings. The zero-order chi connectivity index (χ0) is 24.2. The number of rotatable bonds is 5. The number of anilines is 1. The number of aliphatic hydroxyl groups is 1. The molecular weight excluding hydrogens is 402 g/mol. The maximum Gasteiger partial charge on any atom is 0.224 e. The summed E-state index contributed by atoms with van der Waals surface area (Å²) in [4.78, 5) is 12.8. The Balaban J connectivity index is 1.96. The molecule has 0 aliphatic carbocycles. The van der Waals surface area contributed by atoms with Crippen molar-refractivity contribution >= 4 is 17.5 Å². The van der Waals surface area contributed by atoms with Gasteiger partial charge in [-0.15, -0.1) is 0 Å². The SMILES string of the molecule is [2H]C([2H])([2H])[C@H](NC)c1cncc(C#Cc2nc(N[C@@H]3CCOC[C@H]3O)ncc2Cl)c1C(C)C. The molecule has 1 saturated heterocycles. The van der Waals surface area contributed by atoms with Crippen molar-refractivity contribution in [3.63, 3.8) is 0 Å². The molecule has 0 spiro atoms. The molecule has 8 heteroatoms. The van der Waals surface area contributed by atoms with Crippen LogP contribution in [0.2, 0.25) is 5.02 Å². The molecule has 3 atom stereocenters. The number of nitrogens with zero attached hydrogens (tertiary/aromatic N) is 3. The molecule has 30 heavy (non-hydrogen) atoms. The van der Waals surface area contributed by atoms with E-state index in [1.54, 1.807) is 19.4 Å². The second-order valence-corrected chi connectivity index (χ2v) is 7.80. The number of pyridine rings is 1. The molecule has 0 radical (unpaired) electrons. The molecule has 0 aromatic carbocycles. The van der Waals surface area contributed by atoms with Crippen LogP contribution in [0.15, 0.2) is 18.6 Å². The summed E-state index contributed by atoms with van der Waals surface area (Å²) in [7, 11) is 1.62. The molecule has 3 heterocycles. The minimum absolute atomic E-state index is 0.0126. The van der Waals surface area contributed by atoms with E-state index in [0.29, 0.717) is 35.8 Å². The van der Waals surface area contributed by atoms with Gasteiger partial charge in [0.15, 0.2) is 0 Å². The number of aromatic nitrogens is 3. The third-order valence-corrected chi connectivity index (χ3v) is 5.17. The van der Waals surface area contributed by atoms with Gasteiger partial charge in [0.2, 0.25) is 5.95 Å². The van der Waals surface area contributed by atoms with Crippen molar-refractivity contribution in [3.8, 4) is 11.8 Å². The smallest absolute Gasteiger partial charge is 0.224 e. The van der Waals surface area contributed by atoms with Gasteiger partial charge in [0.05, 0.1) is 30.0 Å². The number of hydrogen-bond donors (Lipinski definition) is 3. The van der Waals surface area contributed by atoms with E-state index < -0.39 is 19.0 Å². The molecule has 2 aromatic heterocycles. The van der Waals surface area contributed by atoms with Gasteiger partial charge in [-0.2, -0.15) is 0 Å². The maximum absolute atomic E-state index is 10.1. The summed E-state index contributed by atoms with van der Waals surface area (Å²) < 4.78 is 28.9. The highest BCUT2D eigenvalue weighted by Crippen LogP contribution is 2.27. The molecule has 160 valence electrons. The van der Waals surface area contributed by atoms with E-state index in [4.69, 9.17) is 20.5 Å². The first-order valence-electron chi connectivity index (χ1n) is 11.3. The summed E-state index contributed by atoms with van der Waals surface area (Å²) in [6.45, 7) is 2.52. The normalized spacial score (nSPS) is 21.7. The molecule has 1 aliphatic heterocycles. The summed E-state index contributed by atoms with van der Waals surface area (Å²) in [5.41, 5.74) is 2.32. The van der Waals surface area contributed by atoms with Gasteiger partial charge in [-0.3, -0.25) is 4.98 Å². The van der Waals surface area contributed by atoms with E-state index in [1.165, 1.54) is 6.20 Å². The first kappa shape index (κ1) is 18.5. The molecular formula is C22H28ClN5O2. The van der Waals surface area contributed by atoms with Crippen LogP contribution in [0.5, 0.6) is 0 Å². The first-order chi connectivity index (χ1) is 15.6. The lowest BCUT2D eigenvalue weighted by Crippen LogP contribution is -2.42. The van der Waals surface area contributed by atoms with Gasteiger partial charge in [0.1, 0.15) is 5.69 Å². The molecule has 1 aliphatic rings. The predicted molar refractivity (Wildman–Crippen MR) is 118 cm³/mol. The fraction of sp³-hybridized carbons (Fsp3) is 0.500. The van der Waals surface area contributed by atoms with Gasteiger partial charge in [-0.25, -0.2) is 9.97 Å². The number of halogens is 1. The topological polar surface area (TPSA) is 92.2 Å². The fourth-order valence-electron chi connectivity index (χ4n) is 3.32. The summed E-state index contributed by atoms with van der Waals surface area (Å²) in [5.74, 6) is 6.36. The van der Waals surface area contributed by atoms with Crippen molar-refractivity contribution in [2.45, 2.75) is 51.2 Å². The van der Waals surface area contributed by atoms with E-state index >= 15 is 0 Å². The van der Waals surface area contributed by atoms with Crippen molar-refractivity contribution < 1.29 is 14.0 Å². The quantitative estimate of drug-likeness (QED) is 0.625. The average molecular weight is 433 g/mol. The van der Waals surface area contributed by atoms with Gasteiger partial charge in [0.25, 0.3) is 0 Å². The lowest BCUT2D eigenvalue weighted by atomic mass is 9.91. The maximum atomic E-state index is 10.1. The van der Waals surface area contributed by atoms with E-state index in [2.05, 4.69) is 37.4 Å². The van der Waals surface area contributed by atoms with Gasteiger partial charge >= 0.3 is 0 Å². The van der Waals surface area contributed by atoms with E-state index in [-0.39, 0.29) is 23.6 Å². The second-order valence-electron chi connectivity index (χ2n) is 7.39. The van der Waals surface area contributed by atoms with Crippen molar-refractivity contribution in [2.75, 3.05) is 25.6 Å². The standard InChI is InChI=1S/C22H28ClN5O2/c1-13(2)21-15(9-25-10-16(21)14(3)24-4)5-6-18-17(23)11-26-22(27-18)28-19-7-8-30-12-20(19)29/h9-11,13-14,19-20,24,29H,7-8,12H2,1-4H3,(H,26,27,28)/t14-,19+,20+/m0/s1/i3D3. The van der Waals surface area contributed by atoms with Gasteiger partial charge < -0.3 is 20.5 Å². The van der Waals surface area contributed by atoms with E-state index in [0.717, 1.165) is 5.56 Å². The summed E-state index contributed by atoms with van der Waals surface area (Å²) in [5, 5.41) is 16.4. The Morgan fingerprint density at radius 1 is 1.33 bits per heavy atom. The molecule has 3 rings (SSSR count). The van der Waals surface area contributed by atoms with Crippen LogP contribution < -0.4 is 10.6 Å². The Bertz CT molecular complexity index is 1040. The van der Waals surface area contributed by atoms with Crippen LogP contribution >= 0.6 is 11.6 Å². The monoisotopic (exact) mass is 432 g/mol. The fourth-order valence-corrected chi connectivity index (χ4v) is 3.46. The molecule has 0 amide bonds. The lowest BCUT2D eigenvalue weighted by Gasteiger charge is -2.28. The zero-order valence-electron chi connectivity index (χ0n) is 20.2. The second kappa shape index (κ2) is 10.2. The van der Waals surface area contributed by atoms with Gasteiger partial charge in [-0.1, -0.05) is 31.4 Å². The van der Waals surface area contributed by atoms with Crippen LogP contribution in [-0.4, -0.2) is 52.5 Å². The third kappa shape index (κ3) is 5.27. The molecule has 7 nitrogen and oxygen atoms in total. The molecule has 0 saturated carbocycles. The molecule has 0 unspecified atom stereocenters. The van der Waals surface area contributed by atoms with Crippen LogP contribution in [-0.2, 0) is 4.74 Å². The highest BCUT2D eigenvalue weighted by Gasteiger charge is 2.24. The first-order valence-corrected chi connectivity index (χ1v) is 10.2. The van der Waals surface area contributed by atoms with E-state index in [1.807, 2.05) is 13.8 Å². The minimum Gasteiger partial charge on any atom is -0.389 e. The Labute approximate surface area is 186 Å². The molecule has 3 N–H and O–H groups in total. The number of aliphatic hydroxyl groups excluding tert-OH is 1.